The van der Waals surface area contributed by atoms with E-state index in [0.717, 1.165) is 25.7 Å². The van der Waals surface area contributed by atoms with Crippen molar-refractivity contribution >= 4 is 29.5 Å². The van der Waals surface area contributed by atoms with Gasteiger partial charge in [0.05, 0.1) is 10.6 Å². The molecule has 1 saturated carbocycles. The van der Waals surface area contributed by atoms with E-state index in [0.29, 0.717) is 5.92 Å². The van der Waals surface area contributed by atoms with Gasteiger partial charge in [0.1, 0.15) is 0 Å². The average Bonchev–Trinajstić information content (AvgIpc) is 2.55. The molecule has 0 aromatic heterocycles. The molecule has 1 aliphatic rings. The van der Waals surface area contributed by atoms with Crippen molar-refractivity contribution < 1.29 is 19.1 Å². The molecular weight excluding hydrogens is 332 g/mol. The normalized spacial score (nSPS) is 20.1. The van der Waals surface area contributed by atoms with Crippen molar-refractivity contribution in [2.45, 2.75) is 38.6 Å². The lowest BCUT2D eigenvalue weighted by Crippen LogP contribution is -2.48. The van der Waals surface area contributed by atoms with Gasteiger partial charge < -0.3 is 10.1 Å². The van der Waals surface area contributed by atoms with Crippen LogP contribution >= 0.6 is 11.6 Å². The SMILES string of the molecule is C[C@H]1CCCC[C@@H]1NC(=O)NC(=O)COC(=O)c1ccccc1Cl. The zero-order chi connectivity index (χ0) is 17.5. The Hall–Kier alpha value is -2.08. The Morgan fingerprint density at radius 3 is 2.62 bits per heavy atom. The van der Waals surface area contributed by atoms with E-state index in [-0.39, 0.29) is 16.6 Å². The molecule has 1 fully saturated rings. The molecule has 24 heavy (non-hydrogen) atoms. The summed E-state index contributed by atoms with van der Waals surface area (Å²) in [7, 11) is 0. The summed E-state index contributed by atoms with van der Waals surface area (Å²) < 4.78 is 4.87. The molecule has 0 heterocycles. The minimum absolute atomic E-state index is 0.0669. The summed E-state index contributed by atoms with van der Waals surface area (Å²) in [6.07, 6.45) is 4.20. The van der Waals surface area contributed by atoms with Crippen molar-refractivity contribution in [2.24, 2.45) is 5.92 Å². The third kappa shape index (κ3) is 5.23. The van der Waals surface area contributed by atoms with Gasteiger partial charge in [0, 0.05) is 6.04 Å². The van der Waals surface area contributed by atoms with Gasteiger partial charge in [-0.1, -0.05) is 43.5 Å². The molecule has 6 nitrogen and oxygen atoms in total. The van der Waals surface area contributed by atoms with Crippen LogP contribution < -0.4 is 10.6 Å². The molecule has 0 unspecified atom stereocenters. The standard InChI is InChI=1S/C17H21ClN2O4/c1-11-6-2-5-9-14(11)19-17(23)20-15(21)10-24-16(22)12-7-3-4-8-13(12)18/h3-4,7-8,11,14H,2,5-6,9-10H2,1H3,(H2,19,20,21,23)/t11-,14-/m0/s1. The lowest BCUT2D eigenvalue weighted by Gasteiger charge is -2.29. The molecule has 2 N–H and O–H groups in total. The molecule has 1 aromatic rings. The minimum atomic E-state index is -0.711. The first-order valence-electron chi connectivity index (χ1n) is 7.99. The number of hydrogen-bond acceptors (Lipinski definition) is 4. The zero-order valence-corrected chi connectivity index (χ0v) is 14.3. The molecule has 2 rings (SSSR count). The molecule has 0 aliphatic heterocycles. The monoisotopic (exact) mass is 352 g/mol. The lowest BCUT2D eigenvalue weighted by atomic mass is 9.86. The molecule has 3 amide bonds. The number of amides is 3. The van der Waals surface area contributed by atoms with Crippen LogP contribution in [0.1, 0.15) is 43.0 Å². The first kappa shape index (κ1) is 18.3. The van der Waals surface area contributed by atoms with Gasteiger partial charge in [-0.15, -0.1) is 0 Å². The van der Waals surface area contributed by atoms with Gasteiger partial charge in [-0.25, -0.2) is 9.59 Å². The maximum atomic E-state index is 11.8. The first-order valence-corrected chi connectivity index (χ1v) is 8.37. The number of carbonyl (C=O) groups excluding carboxylic acids is 3. The molecule has 0 saturated heterocycles. The number of carbonyl (C=O) groups is 3. The number of halogens is 1. The van der Waals surface area contributed by atoms with Crippen molar-refractivity contribution in [1.82, 2.24) is 10.6 Å². The number of hydrogen-bond donors (Lipinski definition) is 2. The summed E-state index contributed by atoms with van der Waals surface area (Å²) >= 11 is 5.88. The fourth-order valence-corrected chi connectivity index (χ4v) is 2.95. The summed E-state index contributed by atoms with van der Waals surface area (Å²) in [6, 6.07) is 5.88. The molecular formula is C17H21ClN2O4. The molecule has 1 aliphatic carbocycles. The Morgan fingerprint density at radius 1 is 1.21 bits per heavy atom. The number of benzene rings is 1. The van der Waals surface area contributed by atoms with E-state index in [9.17, 15) is 14.4 Å². The van der Waals surface area contributed by atoms with Crippen LogP contribution in [0.25, 0.3) is 0 Å². The minimum Gasteiger partial charge on any atom is -0.452 e. The molecule has 2 atom stereocenters. The predicted molar refractivity (Wildman–Crippen MR) is 89.8 cm³/mol. The van der Waals surface area contributed by atoms with Crippen molar-refractivity contribution in [3.63, 3.8) is 0 Å². The Morgan fingerprint density at radius 2 is 1.92 bits per heavy atom. The van der Waals surface area contributed by atoms with E-state index in [1.807, 2.05) is 0 Å². The van der Waals surface area contributed by atoms with Crippen molar-refractivity contribution in [3.05, 3.63) is 34.9 Å². The van der Waals surface area contributed by atoms with Crippen LogP contribution in [-0.2, 0) is 9.53 Å². The van der Waals surface area contributed by atoms with Crippen molar-refractivity contribution in [1.29, 1.82) is 0 Å². The van der Waals surface area contributed by atoms with E-state index >= 15 is 0 Å². The fraction of sp³-hybridized carbons (Fsp3) is 0.471. The molecule has 0 radical (unpaired) electrons. The summed E-state index contributed by atoms with van der Waals surface area (Å²) in [6.45, 7) is 1.54. The van der Waals surface area contributed by atoms with Gasteiger partial charge in [-0.3, -0.25) is 10.1 Å². The summed E-state index contributed by atoms with van der Waals surface area (Å²) in [5.41, 5.74) is 0.174. The van der Waals surface area contributed by atoms with Crippen LogP contribution in [0.3, 0.4) is 0 Å². The number of urea groups is 1. The van der Waals surface area contributed by atoms with E-state index in [1.165, 1.54) is 6.07 Å². The quantitative estimate of drug-likeness (QED) is 0.816. The highest BCUT2D eigenvalue weighted by molar-refractivity contribution is 6.33. The zero-order valence-electron chi connectivity index (χ0n) is 13.5. The third-order valence-electron chi connectivity index (χ3n) is 4.11. The van der Waals surface area contributed by atoms with Crippen LogP contribution in [0, 0.1) is 5.92 Å². The van der Waals surface area contributed by atoms with Gasteiger partial charge in [-0.2, -0.15) is 0 Å². The van der Waals surface area contributed by atoms with Crippen LogP contribution in [0.4, 0.5) is 4.79 Å². The van der Waals surface area contributed by atoms with Crippen LogP contribution in [-0.4, -0.2) is 30.6 Å². The van der Waals surface area contributed by atoms with E-state index in [4.69, 9.17) is 16.3 Å². The number of nitrogens with one attached hydrogen (secondary N) is 2. The smallest absolute Gasteiger partial charge is 0.340 e. The van der Waals surface area contributed by atoms with E-state index < -0.39 is 24.5 Å². The number of ether oxygens (including phenoxy) is 1. The first-order chi connectivity index (χ1) is 11.5. The highest BCUT2D eigenvalue weighted by Crippen LogP contribution is 2.23. The largest absolute Gasteiger partial charge is 0.452 e. The second-order valence-corrected chi connectivity index (χ2v) is 6.35. The summed E-state index contributed by atoms with van der Waals surface area (Å²) in [5, 5.41) is 5.21. The Bertz CT molecular complexity index is 620. The van der Waals surface area contributed by atoms with Crippen molar-refractivity contribution in [3.8, 4) is 0 Å². The highest BCUT2D eigenvalue weighted by Gasteiger charge is 2.23. The summed E-state index contributed by atoms with van der Waals surface area (Å²) in [5.74, 6) is -1.01. The second-order valence-electron chi connectivity index (χ2n) is 5.95. The van der Waals surface area contributed by atoms with Gasteiger partial charge >= 0.3 is 12.0 Å². The van der Waals surface area contributed by atoms with Crippen LogP contribution in [0.15, 0.2) is 24.3 Å². The van der Waals surface area contributed by atoms with Crippen LogP contribution in [0.5, 0.6) is 0 Å². The average molecular weight is 353 g/mol. The Labute approximate surface area is 145 Å². The number of imide groups is 1. The van der Waals surface area contributed by atoms with Crippen molar-refractivity contribution in [2.75, 3.05) is 6.61 Å². The third-order valence-corrected chi connectivity index (χ3v) is 4.44. The molecule has 0 spiro atoms. The molecule has 1 aromatic carbocycles. The van der Waals surface area contributed by atoms with Crippen LogP contribution in [0.2, 0.25) is 5.02 Å². The van der Waals surface area contributed by atoms with Gasteiger partial charge in [0.25, 0.3) is 5.91 Å². The maximum absolute atomic E-state index is 11.8. The van der Waals surface area contributed by atoms with E-state index in [1.54, 1.807) is 18.2 Å². The fourth-order valence-electron chi connectivity index (χ4n) is 2.73. The summed E-state index contributed by atoms with van der Waals surface area (Å²) in [4.78, 5) is 35.4. The van der Waals surface area contributed by atoms with Gasteiger partial charge in [-0.05, 0) is 30.9 Å². The Kier molecular flexibility index (Phi) is 6.61. The second kappa shape index (κ2) is 8.68. The number of esters is 1. The molecule has 7 heteroatoms. The van der Waals surface area contributed by atoms with E-state index in [2.05, 4.69) is 17.6 Å². The predicted octanol–water partition coefficient (Wildman–Crippen LogP) is 2.90. The number of rotatable bonds is 4. The maximum Gasteiger partial charge on any atom is 0.340 e. The Balaban J connectivity index is 1.75. The topological polar surface area (TPSA) is 84.5 Å². The van der Waals surface area contributed by atoms with Gasteiger partial charge in [0.2, 0.25) is 0 Å². The highest BCUT2D eigenvalue weighted by atomic mass is 35.5. The van der Waals surface area contributed by atoms with Gasteiger partial charge in [0.15, 0.2) is 6.61 Å². The molecule has 0 bridgehead atoms. The molecule has 130 valence electrons. The lowest BCUT2D eigenvalue weighted by molar-refractivity contribution is -0.123.